The molecule has 0 N–H and O–H groups in total. The Morgan fingerprint density at radius 2 is 2.33 bits per heavy atom. The molecule has 0 bridgehead atoms. The number of nitrogens with zero attached hydrogens (tertiary/aromatic N) is 1. The molecule has 0 aliphatic heterocycles. The van der Waals surface area contributed by atoms with Gasteiger partial charge in [0.05, 0.1) is 10.7 Å². The first kappa shape index (κ1) is 7.22. The van der Waals surface area contributed by atoms with Crippen molar-refractivity contribution in [3.05, 3.63) is 15.5 Å². The monoisotopic (exact) mass is 205 g/mol. The van der Waals surface area contributed by atoms with Crippen LogP contribution in [0, 0.1) is 0 Å². The van der Waals surface area contributed by atoms with Crippen molar-refractivity contribution >= 4 is 27.5 Å². The second kappa shape index (κ2) is 2.80. The van der Waals surface area contributed by atoms with Gasteiger partial charge in [0.25, 0.3) is 0 Å². The van der Waals surface area contributed by atoms with Crippen LogP contribution in [0.1, 0.15) is 24.6 Å². The largest absolute Gasteiger partial charge is 0.200 e. The molecule has 3 heteroatoms. The lowest BCUT2D eigenvalue weighted by molar-refractivity contribution is 0.885. The summed E-state index contributed by atoms with van der Waals surface area (Å²) in [5, 5.41) is 0. The molecule has 0 saturated heterocycles. The standard InChI is InChI=1S/C6H8BrNS/c1-4(2)6-5(7)3-8-9-6/h3-4H,1-2H3. The van der Waals surface area contributed by atoms with Crippen LogP contribution in [0.3, 0.4) is 0 Å². The van der Waals surface area contributed by atoms with Gasteiger partial charge >= 0.3 is 0 Å². The highest BCUT2D eigenvalue weighted by atomic mass is 79.9. The molecule has 1 aromatic rings. The lowest BCUT2D eigenvalue weighted by atomic mass is 10.2. The smallest absolute Gasteiger partial charge is 0.0552 e. The highest BCUT2D eigenvalue weighted by Crippen LogP contribution is 2.27. The summed E-state index contributed by atoms with van der Waals surface area (Å²) in [4.78, 5) is 1.33. The maximum absolute atomic E-state index is 4.04. The van der Waals surface area contributed by atoms with Gasteiger partial charge in [-0.1, -0.05) is 13.8 Å². The van der Waals surface area contributed by atoms with Crippen molar-refractivity contribution < 1.29 is 0 Å². The van der Waals surface area contributed by atoms with E-state index in [1.807, 2.05) is 6.20 Å². The fourth-order valence-electron chi connectivity index (χ4n) is 0.618. The molecule has 0 unspecified atom stereocenters. The van der Waals surface area contributed by atoms with Crippen molar-refractivity contribution in [2.24, 2.45) is 0 Å². The Kier molecular flexibility index (Phi) is 2.24. The van der Waals surface area contributed by atoms with Crippen LogP contribution in [0.2, 0.25) is 0 Å². The van der Waals surface area contributed by atoms with E-state index in [2.05, 4.69) is 34.2 Å². The van der Waals surface area contributed by atoms with E-state index in [4.69, 9.17) is 0 Å². The van der Waals surface area contributed by atoms with Crippen LogP contribution < -0.4 is 0 Å². The first-order chi connectivity index (χ1) is 4.22. The minimum Gasteiger partial charge on any atom is -0.200 e. The molecule has 1 nitrogen and oxygen atoms in total. The first-order valence-electron chi connectivity index (χ1n) is 2.82. The number of aromatic nitrogens is 1. The molecule has 50 valence electrons. The molecule has 0 aromatic carbocycles. The van der Waals surface area contributed by atoms with Crippen molar-refractivity contribution in [1.29, 1.82) is 0 Å². The van der Waals surface area contributed by atoms with Crippen LogP contribution in [0.4, 0.5) is 0 Å². The number of halogens is 1. The van der Waals surface area contributed by atoms with Gasteiger partial charge in [-0.2, -0.15) is 4.37 Å². The Bertz CT molecular complexity index is 195. The molecule has 0 radical (unpaired) electrons. The van der Waals surface area contributed by atoms with E-state index in [0.717, 1.165) is 4.47 Å². The molecule has 0 aliphatic rings. The third-order valence-corrected chi connectivity index (χ3v) is 3.07. The Morgan fingerprint density at radius 1 is 1.67 bits per heavy atom. The molecule has 0 amide bonds. The number of rotatable bonds is 1. The highest BCUT2D eigenvalue weighted by molar-refractivity contribution is 9.10. The summed E-state index contributed by atoms with van der Waals surface area (Å²) in [6.45, 7) is 4.33. The summed E-state index contributed by atoms with van der Waals surface area (Å²) < 4.78 is 5.18. The normalized spacial score (nSPS) is 10.7. The average Bonchev–Trinajstić information content (AvgIpc) is 2.13. The molecule has 0 spiro atoms. The minimum atomic E-state index is 0.590. The van der Waals surface area contributed by atoms with E-state index >= 15 is 0 Å². The van der Waals surface area contributed by atoms with Gasteiger partial charge < -0.3 is 0 Å². The van der Waals surface area contributed by atoms with Crippen molar-refractivity contribution in [1.82, 2.24) is 4.37 Å². The second-order valence-corrected chi connectivity index (χ2v) is 3.88. The third-order valence-electron chi connectivity index (χ3n) is 1.08. The van der Waals surface area contributed by atoms with Gasteiger partial charge in [-0.25, -0.2) is 0 Å². The lowest BCUT2D eigenvalue weighted by Crippen LogP contribution is -1.80. The zero-order chi connectivity index (χ0) is 6.85. The summed E-state index contributed by atoms with van der Waals surface area (Å²) in [6.07, 6.45) is 1.85. The van der Waals surface area contributed by atoms with Crippen molar-refractivity contribution in [2.45, 2.75) is 19.8 Å². The topological polar surface area (TPSA) is 12.9 Å². The maximum atomic E-state index is 4.04. The Morgan fingerprint density at radius 3 is 2.56 bits per heavy atom. The van der Waals surface area contributed by atoms with Gasteiger partial charge in [-0.15, -0.1) is 0 Å². The fourth-order valence-corrected chi connectivity index (χ4v) is 2.15. The molecule has 9 heavy (non-hydrogen) atoms. The van der Waals surface area contributed by atoms with Crippen LogP contribution in [-0.2, 0) is 0 Å². The SMILES string of the molecule is CC(C)c1sncc1Br. The van der Waals surface area contributed by atoms with Crippen molar-refractivity contribution in [2.75, 3.05) is 0 Å². The minimum absolute atomic E-state index is 0.590. The summed E-state index contributed by atoms with van der Waals surface area (Å²) in [5.41, 5.74) is 0. The molecule has 1 aromatic heterocycles. The Hall–Kier alpha value is 0.110. The van der Waals surface area contributed by atoms with Crippen LogP contribution >= 0.6 is 27.5 Å². The van der Waals surface area contributed by atoms with Crippen LogP contribution in [0.25, 0.3) is 0 Å². The van der Waals surface area contributed by atoms with E-state index in [1.54, 1.807) is 11.5 Å². The molecule has 1 heterocycles. The van der Waals surface area contributed by atoms with E-state index in [1.165, 1.54) is 4.88 Å². The predicted molar refractivity (Wildman–Crippen MR) is 43.9 cm³/mol. The third kappa shape index (κ3) is 1.52. The first-order valence-corrected chi connectivity index (χ1v) is 4.38. The average molecular weight is 206 g/mol. The van der Waals surface area contributed by atoms with E-state index in [9.17, 15) is 0 Å². The second-order valence-electron chi connectivity index (χ2n) is 2.19. The molecule has 0 saturated carbocycles. The highest BCUT2D eigenvalue weighted by Gasteiger charge is 2.05. The van der Waals surface area contributed by atoms with Crippen molar-refractivity contribution in [3.63, 3.8) is 0 Å². The van der Waals surface area contributed by atoms with Crippen molar-refractivity contribution in [3.8, 4) is 0 Å². The quantitative estimate of drug-likeness (QED) is 0.688. The zero-order valence-electron chi connectivity index (χ0n) is 5.39. The van der Waals surface area contributed by atoms with E-state index in [-0.39, 0.29) is 0 Å². The van der Waals surface area contributed by atoms with Gasteiger partial charge in [0.15, 0.2) is 0 Å². The fraction of sp³-hybridized carbons (Fsp3) is 0.500. The predicted octanol–water partition coefficient (Wildman–Crippen LogP) is 3.03. The molecular weight excluding hydrogens is 198 g/mol. The number of hydrogen-bond donors (Lipinski definition) is 0. The van der Waals surface area contributed by atoms with Crippen LogP contribution in [-0.4, -0.2) is 4.37 Å². The molecule has 0 aliphatic carbocycles. The molecule has 0 atom stereocenters. The van der Waals surface area contributed by atoms with Gasteiger partial charge in [0, 0.05) is 4.88 Å². The summed E-state index contributed by atoms with van der Waals surface area (Å²) >= 11 is 4.98. The summed E-state index contributed by atoms with van der Waals surface area (Å²) in [5.74, 6) is 0.590. The maximum Gasteiger partial charge on any atom is 0.0552 e. The summed E-state index contributed by atoms with van der Waals surface area (Å²) in [7, 11) is 0. The molecule has 1 rings (SSSR count). The van der Waals surface area contributed by atoms with Crippen LogP contribution in [0.5, 0.6) is 0 Å². The lowest BCUT2D eigenvalue weighted by Gasteiger charge is -1.97. The zero-order valence-corrected chi connectivity index (χ0v) is 7.79. The number of hydrogen-bond acceptors (Lipinski definition) is 2. The molecule has 0 fully saturated rings. The summed E-state index contributed by atoms with van der Waals surface area (Å²) in [6, 6.07) is 0. The van der Waals surface area contributed by atoms with Gasteiger partial charge in [0.2, 0.25) is 0 Å². The Balaban J connectivity index is 2.94. The van der Waals surface area contributed by atoms with Crippen LogP contribution in [0.15, 0.2) is 10.7 Å². The Labute approximate surface area is 67.4 Å². The van der Waals surface area contributed by atoms with E-state index < -0.39 is 0 Å². The van der Waals surface area contributed by atoms with Gasteiger partial charge in [-0.05, 0) is 33.4 Å². The van der Waals surface area contributed by atoms with Gasteiger partial charge in [0.1, 0.15) is 0 Å². The van der Waals surface area contributed by atoms with E-state index in [0.29, 0.717) is 5.92 Å². The van der Waals surface area contributed by atoms with Gasteiger partial charge in [-0.3, -0.25) is 0 Å². The molecular formula is C6H8BrNS.